The van der Waals surface area contributed by atoms with Crippen LogP contribution in [0.2, 0.25) is 0 Å². The minimum absolute atomic E-state index is 0.147. The van der Waals surface area contributed by atoms with Crippen LogP contribution < -0.4 is 0 Å². The summed E-state index contributed by atoms with van der Waals surface area (Å²) in [5.74, 6) is 1.01. The van der Waals surface area contributed by atoms with Gasteiger partial charge >= 0.3 is 0 Å². The fourth-order valence-corrected chi connectivity index (χ4v) is 3.82. The van der Waals surface area contributed by atoms with Gasteiger partial charge in [0.1, 0.15) is 17.1 Å². The number of para-hydroxylation sites is 1. The third-order valence-corrected chi connectivity index (χ3v) is 5.25. The van der Waals surface area contributed by atoms with Crippen LogP contribution in [-0.2, 0) is 11.2 Å². The van der Waals surface area contributed by atoms with E-state index in [1.165, 1.54) is 0 Å². The molecule has 1 aromatic heterocycles. The number of fused-ring (bicyclic) bond motifs is 1. The van der Waals surface area contributed by atoms with E-state index < -0.39 is 18.3 Å². The van der Waals surface area contributed by atoms with E-state index in [0.717, 1.165) is 27.9 Å². The molecule has 0 amide bonds. The number of hydrogen-bond donors (Lipinski definition) is 3. The molecule has 0 saturated carbocycles. The zero-order valence-electron chi connectivity index (χ0n) is 15.3. The van der Waals surface area contributed by atoms with Crippen molar-refractivity contribution >= 4 is 11.0 Å². The van der Waals surface area contributed by atoms with E-state index in [9.17, 15) is 15.3 Å². The molecule has 142 valence electrons. The number of ether oxygens (including phenoxy) is 1. The van der Waals surface area contributed by atoms with Gasteiger partial charge in [-0.2, -0.15) is 0 Å². The SMILES string of the molecule is Cc1cc(O)c(C2CC(O)CC(CO)O2)cc1Cc1cc2ccccc2o1. The summed E-state index contributed by atoms with van der Waals surface area (Å²) in [5.41, 5.74) is 3.50. The number of benzene rings is 2. The third kappa shape index (κ3) is 3.72. The van der Waals surface area contributed by atoms with Gasteiger partial charge in [-0.3, -0.25) is 0 Å². The predicted molar refractivity (Wildman–Crippen MR) is 102 cm³/mol. The van der Waals surface area contributed by atoms with E-state index >= 15 is 0 Å². The van der Waals surface area contributed by atoms with Crippen molar-refractivity contribution in [2.45, 2.75) is 44.5 Å². The van der Waals surface area contributed by atoms with Crippen LogP contribution in [0.3, 0.4) is 0 Å². The Balaban J connectivity index is 1.64. The van der Waals surface area contributed by atoms with Gasteiger partial charge in [-0.15, -0.1) is 0 Å². The summed E-state index contributed by atoms with van der Waals surface area (Å²) in [6.45, 7) is 1.81. The molecule has 1 fully saturated rings. The normalized spacial score (nSPS) is 23.0. The molecule has 3 aromatic rings. The van der Waals surface area contributed by atoms with Gasteiger partial charge in [0.2, 0.25) is 0 Å². The van der Waals surface area contributed by atoms with Crippen LogP contribution in [-0.4, -0.2) is 34.1 Å². The van der Waals surface area contributed by atoms with E-state index in [1.807, 2.05) is 43.3 Å². The van der Waals surface area contributed by atoms with E-state index in [4.69, 9.17) is 9.15 Å². The van der Waals surface area contributed by atoms with Crippen LogP contribution in [0, 0.1) is 6.92 Å². The molecule has 2 aromatic carbocycles. The van der Waals surface area contributed by atoms with Gasteiger partial charge in [0.25, 0.3) is 0 Å². The Morgan fingerprint density at radius 2 is 1.93 bits per heavy atom. The quantitative estimate of drug-likeness (QED) is 0.655. The average Bonchev–Trinajstić information content (AvgIpc) is 3.05. The monoisotopic (exact) mass is 368 g/mol. The van der Waals surface area contributed by atoms with Crippen LogP contribution in [0.15, 0.2) is 46.9 Å². The average molecular weight is 368 g/mol. The van der Waals surface area contributed by atoms with Crippen molar-refractivity contribution in [3.63, 3.8) is 0 Å². The summed E-state index contributed by atoms with van der Waals surface area (Å²) in [6, 6.07) is 13.6. The highest BCUT2D eigenvalue weighted by atomic mass is 16.5. The van der Waals surface area contributed by atoms with Crippen LogP contribution >= 0.6 is 0 Å². The summed E-state index contributed by atoms with van der Waals surface area (Å²) in [5, 5.41) is 31.0. The molecular weight excluding hydrogens is 344 g/mol. The van der Waals surface area contributed by atoms with Crippen LogP contribution in [0.25, 0.3) is 11.0 Å². The Bertz CT molecular complexity index is 912. The van der Waals surface area contributed by atoms with E-state index in [1.54, 1.807) is 6.07 Å². The highest BCUT2D eigenvalue weighted by Crippen LogP contribution is 2.38. The minimum atomic E-state index is -0.555. The molecule has 3 unspecified atom stereocenters. The van der Waals surface area contributed by atoms with Gasteiger partial charge in [-0.25, -0.2) is 0 Å². The molecule has 0 bridgehead atoms. The molecule has 0 aliphatic carbocycles. The number of furan rings is 1. The van der Waals surface area contributed by atoms with Crippen molar-refractivity contribution in [1.29, 1.82) is 0 Å². The summed E-state index contributed by atoms with van der Waals surface area (Å²) in [7, 11) is 0. The maximum Gasteiger partial charge on any atom is 0.134 e. The number of aliphatic hydroxyl groups excluding tert-OH is 2. The summed E-state index contributed by atoms with van der Waals surface area (Å²) >= 11 is 0. The molecule has 4 rings (SSSR count). The number of phenolic OH excluding ortho intramolecular Hbond substituents is 1. The lowest BCUT2D eigenvalue weighted by Gasteiger charge is -2.33. The van der Waals surface area contributed by atoms with Gasteiger partial charge in [0.15, 0.2) is 0 Å². The molecule has 0 spiro atoms. The summed E-state index contributed by atoms with van der Waals surface area (Å²) in [6.07, 6.45) is -0.00515. The van der Waals surface area contributed by atoms with E-state index in [2.05, 4.69) is 0 Å². The standard InChI is InChI=1S/C22H24O5/c1-13-6-20(25)19(22-11-16(24)10-18(12-23)27-22)9-15(13)8-17-7-14-4-2-3-5-21(14)26-17/h2-7,9,16,18,22-25H,8,10-12H2,1H3. The molecule has 1 aliphatic rings. The molecule has 3 atom stereocenters. The third-order valence-electron chi connectivity index (χ3n) is 5.25. The van der Waals surface area contributed by atoms with Crippen LogP contribution in [0.5, 0.6) is 5.75 Å². The minimum Gasteiger partial charge on any atom is -0.508 e. The molecule has 1 saturated heterocycles. The number of phenols is 1. The topological polar surface area (TPSA) is 83.1 Å². The van der Waals surface area contributed by atoms with Gasteiger partial charge < -0.3 is 24.5 Å². The Kier molecular flexibility index (Phi) is 4.91. The van der Waals surface area contributed by atoms with Crippen LogP contribution in [0.1, 0.15) is 41.4 Å². The second-order valence-corrected chi connectivity index (χ2v) is 7.32. The molecule has 0 radical (unpaired) electrons. The first kappa shape index (κ1) is 18.0. The number of aromatic hydroxyl groups is 1. The molecule has 5 heteroatoms. The van der Waals surface area contributed by atoms with Gasteiger partial charge in [-0.1, -0.05) is 18.2 Å². The molecule has 27 heavy (non-hydrogen) atoms. The first-order valence-electron chi connectivity index (χ1n) is 9.27. The van der Waals surface area contributed by atoms with E-state index in [-0.39, 0.29) is 12.4 Å². The summed E-state index contributed by atoms with van der Waals surface area (Å²) in [4.78, 5) is 0. The zero-order chi connectivity index (χ0) is 19.0. The maximum absolute atomic E-state index is 10.4. The van der Waals surface area contributed by atoms with E-state index in [0.29, 0.717) is 24.8 Å². The Labute approximate surface area is 157 Å². The number of aryl methyl sites for hydroxylation is 1. The smallest absolute Gasteiger partial charge is 0.134 e. The van der Waals surface area contributed by atoms with Gasteiger partial charge in [-0.05, 0) is 42.3 Å². The Morgan fingerprint density at radius 3 is 2.70 bits per heavy atom. The summed E-state index contributed by atoms with van der Waals surface area (Å²) < 4.78 is 11.8. The highest BCUT2D eigenvalue weighted by Gasteiger charge is 2.31. The number of rotatable bonds is 4. The zero-order valence-corrected chi connectivity index (χ0v) is 15.3. The van der Waals surface area contributed by atoms with Crippen molar-refractivity contribution in [2.75, 3.05) is 6.61 Å². The fraction of sp³-hybridized carbons (Fsp3) is 0.364. The number of aliphatic hydroxyl groups is 2. The lowest BCUT2D eigenvalue weighted by molar-refractivity contribution is -0.114. The van der Waals surface area contributed by atoms with Crippen molar-refractivity contribution in [3.05, 3.63) is 64.9 Å². The van der Waals surface area contributed by atoms with Gasteiger partial charge in [0, 0.05) is 30.2 Å². The molecule has 3 N–H and O–H groups in total. The van der Waals surface area contributed by atoms with Crippen molar-refractivity contribution in [1.82, 2.24) is 0 Å². The highest BCUT2D eigenvalue weighted by molar-refractivity contribution is 5.77. The van der Waals surface area contributed by atoms with Gasteiger partial charge in [0.05, 0.1) is 24.9 Å². The Hall–Kier alpha value is -2.34. The first-order valence-corrected chi connectivity index (χ1v) is 9.27. The Morgan fingerprint density at radius 1 is 1.11 bits per heavy atom. The molecular formula is C22H24O5. The second kappa shape index (κ2) is 7.35. The number of hydrogen-bond acceptors (Lipinski definition) is 5. The first-order chi connectivity index (χ1) is 13.0. The largest absolute Gasteiger partial charge is 0.508 e. The van der Waals surface area contributed by atoms with Crippen molar-refractivity contribution < 1.29 is 24.5 Å². The fourth-order valence-electron chi connectivity index (χ4n) is 3.82. The van der Waals surface area contributed by atoms with Crippen molar-refractivity contribution in [2.24, 2.45) is 0 Å². The maximum atomic E-state index is 10.4. The molecule has 5 nitrogen and oxygen atoms in total. The molecule has 2 heterocycles. The lowest BCUT2D eigenvalue weighted by Crippen LogP contribution is -2.33. The second-order valence-electron chi connectivity index (χ2n) is 7.32. The predicted octanol–water partition coefficient (Wildman–Crippen LogP) is 3.61. The van der Waals surface area contributed by atoms with Crippen LogP contribution in [0.4, 0.5) is 0 Å². The van der Waals surface area contributed by atoms with Crippen molar-refractivity contribution in [3.8, 4) is 5.75 Å². The lowest BCUT2D eigenvalue weighted by atomic mass is 9.92. The molecule has 1 aliphatic heterocycles.